The van der Waals surface area contributed by atoms with Gasteiger partial charge in [0.1, 0.15) is 0 Å². The van der Waals surface area contributed by atoms with Crippen LogP contribution in [0.2, 0.25) is 0 Å². The van der Waals surface area contributed by atoms with Gasteiger partial charge in [-0.15, -0.1) is 3.77 Å². The molecular weight excluding hydrogens is 304 g/mol. The molecule has 1 aliphatic heterocycles. The van der Waals surface area contributed by atoms with Crippen molar-refractivity contribution in [1.29, 1.82) is 0 Å². The van der Waals surface area contributed by atoms with Crippen molar-refractivity contribution in [3.05, 3.63) is 29.8 Å². The lowest BCUT2D eigenvalue weighted by molar-refractivity contribution is 0.0696. The summed E-state index contributed by atoms with van der Waals surface area (Å²) >= 11 is 0. The van der Waals surface area contributed by atoms with Crippen LogP contribution in [0.15, 0.2) is 32.9 Å². The summed E-state index contributed by atoms with van der Waals surface area (Å²) in [5.41, 5.74) is -0.0185. The van der Waals surface area contributed by atoms with Gasteiger partial charge in [0.05, 0.1) is 20.2 Å². The first-order valence-corrected chi connectivity index (χ1v) is 9.15. The summed E-state index contributed by atoms with van der Waals surface area (Å²) in [6.07, 6.45) is 0. The monoisotopic (exact) mass is 318 g/mol. The van der Waals surface area contributed by atoms with Crippen molar-refractivity contribution >= 4 is 25.7 Å². The Morgan fingerprint density at radius 2 is 1.75 bits per heavy atom. The Hall–Kier alpha value is -1.45. The van der Waals surface area contributed by atoms with Crippen LogP contribution >= 0.6 is 0 Å². The van der Waals surface area contributed by atoms with Crippen molar-refractivity contribution in [1.82, 2.24) is 5.32 Å². The minimum atomic E-state index is -4.03. The fraction of sp³-hybridized carbons (Fsp3) is 0.364. The lowest BCUT2D eigenvalue weighted by Crippen LogP contribution is -2.36. The lowest BCUT2D eigenvalue weighted by Gasteiger charge is -2.16. The quantitative estimate of drug-likeness (QED) is 0.820. The molecule has 7 nitrogen and oxygen atoms in total. The van der Waals surface area contributed by atoms with Gasteiger partial charge in [0.15, 0.2) is 0 Å². The Balaban J connectivity index is 2.37. The average molecular weight is 318 g/mol. The van der Waals surface area contributed by atoms with E-state index < -0.39 is 25.7 Å². The number of carbonyl (C=O) groups is 1. The first-order valence-electron chi connectivity index (χ1n) is 5.85. The Bertz CT molecular complexity index is 719. The summed E-state index contributed by atoms with van der Waals surface area (Å²) in [5.74, 6) is -0.756. The fourth-order valence-corrected chi connectivity index (χ4v) is 5.74. The number of carboxylic acid groups (broad SMARTS) is 1. The molecule has 0 bridgehead atoms. The third-order valence-corrected chi connectivity index (χ3v) is 7.25. The summed E-state index contributed by atoms with van der Waals surface area (Å²) in [6.45, 7) is 0.936. The number of hydrogen-bond donors (Lipinski definition) is 2. The van der Waals surface area contributed by atoms with Crippen molar-refractivity contribution in [2.24, 2.45) is 3.77 Å². The SMILES string of the molecule is O=C(O)c1ccc(S(=O)(=O)N=S2(=O)CCNCC2)cc1. The maximum atomic E-state index is 12.3. The molecule has 0 atom stereocenters. The highest BCUT2D eigenvalue weighted by molar-refractivity contribution is 8.03. The second-order valence-electron chi connectivity index (χ2n) is 4.31. The van der Waals surface area contributed by atoms with Crippen molar-refractivity contribution in [3.8, 4) is 0 Å². The minimum absolute atomic E-state index is 0.0185. The first-order chi connectivity index (χ1) is 9.32. The van der Waals surface area contributed by atoms with Gasteiger partial charge in [0, 0.05) is 24.6 Å². The molecule has 0 aliphatic carbocycles. The Labute approximate surface area is 117 Å². The molecule has 110 valence electrons. The Kier molecular flexibility index (Phi) is 4.11. The van der Waals surface area contributed by atoms with Crippen LogP contribution in [0.3, 0.4) is 0 Å². The highest BCUT2D eigenvalue weighted by Gasteiger charge is 2.21. The van der Waals surface area contributed by atoms with Gasteiger partial charge < -0.3 is 10.4 Å². The summed E-state index contributed by atoms with van der Waals surface area (Å²) in [6, 6.07) is 4.68. The topological polar surface area (TPSA) is 113 Å². The van der Waals surface area contributed by atoms with E-state index >= 15 is 0 Å². The van der Waals surface area contributed by atoms with Crippen LogP contribution in [-0.4, -0.2) is 48.3 Å². The summed E-state index contributed by atoms with van der Waals surface area (Å²) in [7, 11) is -6.80. The number of aromatic carboxylic acids is 1. The van der Waals surface area contributed by atoms with Crippen molar-refractivity contribution in [3.63, 3.8) is 0 Å². The molecule has 1 saturated heterocycles. The summed E-state index contributed by atoms with van der Waals surface area (Å²) < 4.78 is 40.0. The molecule has 0 aromatic heterocycles. The number of rotatable bonds is 3. The predicted octanol–water partition coefficient (Wildman–Crippen LogP) is 0.145. The molecule has 20 heavy (non-hydrogen) atoms. The van der Waals surface area contributed by atoms with Gasteiger partial charge in [-0.05, 0) is 24.3 Å². The molecule has 0 spiro atoms. The third kappa shape index (κ3) is 3.35. The van der Waals surface area contributed by atoms with Crippen LogP contribution in [0, 0.1) is 0 Å². The number of nitrogens with one attached hydrogen (secondary N) is 1. The molecule has 0 amide bonds. The van der Waals surface area contributed by atoms with E-state index in [0.717, 1.165) is 12.1 Å². The molecule has 2 N–H and O–H groups in total. The molecule has 0 radical (unpaired) electrons. The van der Waals surface area contributed by atoms with E-state index in [9.17, 15) is 17.4 Å². The van der Waals surface area contributed by atoms with Crippen LogP contribution < -0.4 is 5.32 Å². The molecule has 1 aromatic rings. The van der Waals surface area contributed by atoms with Gasteiger partial charge >= 0.3 is 5.97 Å². The number of hydrogen-bond acceptors (Lipinski definition) is 5. The van der Waals surface area contributed by atoms with Crippen LogP contribution in [0.25, 0.3) is 0 Å². The lowest BCUT2D eigenvalue weighted by atomic mass is 10.2. The molecular formula is C11H14N2O5S2. The molecule has 0 saturated carbocycles. The number of carboxylic acids is 1. The van der Waals surface area contributed by atoms with Crippen molar-refractivity contribution in [2.45, 2.75) is 4.90 Å². The third-order valence-electron chi connectivity index (χ3n) is 2.83. The zero-order valence-corrected chi connectivity index (χ0v) is 12.1. The number of nitrogens with zero attached hydrogens (tertiary/aromatic N) is 1. The molecule has 0 unspecified atom stereocenters. The summed E-state index contributed by atoms with van der Waals surface area (Å²) in [5, 5.41) is 11.7. The maximum absolute atomic E-state index is 12.3. The van der Waals surface area contributed by atoms with Gasteiger partial charge in [-0.25, -0.2) is 9.00 Å². The Morgan fingerprint density at radius 3 is 2.25 bits per heavy atom. The largest absolute Gasteiger partial charge is 0.478 e. The molecule has 1 heterocycles. The first kappa shape index (κ1) is 14.9. The van der Waals surface area contributed by atoms with Crippen molar-refractivity contribution in [2.75, 3.05) is 24.6 Å². The average Bonchev–Trinajstić information content (AvgIpc) is 2.38. The minimum Gasteiger partial charge on any atom is -0.478 e. The van der Waals surface area contributed by atoms with E-state index in [1.54, 1.807) is 0 Å². The highest BCUT2D eigenvalue weighted by Crippen LogP contribution is 2.16. The molecule has 9 heteroatoms. The van der Waals surface area contributed by atoms with Crippen LogP contribution in [-0.2, 0) is 19.8 Å². The van der Waals surface area contributed by atoms with E-state index in [-0.39, 0.29) is 22.0 Å². The maximum Gasteiger partial charge on any atom is 0.335 e. The van der Waals surface area contributed by atoms with Gasteiger partial charge in [-0.2, -0.15) is 8.42 Å². The van der Waals surface area contributed by atoms with Crippen LogP contribution in [0.1, 0.15) is 10.4 Å². The second-order valence-corrected chi connectivity index (χ2v) is 8.69. The van der Waals surface area contributed by atoms with E-state index in [0.29, 0.717) is 13.1 Å². The van der Waals surface area contributed by atoms with E-state index in [1.807, 2.05) is 0 Å². The van der Waals surface area contributed by atoms with Gasteiger partial charge in [0.2, 0.25) is 0 Å². The highest BCUT2D eigenvalue weighted by atomic mass is 32.3. The van der Waals surface area contributed by atoms with E-state index in [2.05, 4.69) is 9.08 Å². The van der Waals surface area contributed by atoms with Gasteiger partial charge in [-0.3, -0.25) is 0 Å². The fourth-order valence-electron chi connectivity index (χ4n) is 1.76. The van der Waals surface area contributed by atoms with Gasteiger partial charge in [0.25, 0.3) is 10.0 Å². The molecule has 2 rings (SSSR count). The second kappa shape index (κ2) is 5.51. The zero-order chi connectivity index (χ0) is 14.8. The summed E-state index contributed by atoms with van der Waals surface area (Å²) in [4.78, 5) is 10.6. The Morgan fingerprint density at radius 1 is 1.20 bits per heavy atom. The van der Waals surface area contributed by atoms with Crippen LogP contribution in [0.4, 0.5) is 0 Å². The number of sulfonamides is 1. The molecule has 1 aromatic carbocycles. The normalized spacial score (nSPS) is 18.4. The number of benzene rings is 1. The smallest absolute Gasteiger partial charge is 0.335 e. The molecule has 1 fully saturated rings. The standard InChI is InChI=1S/C11H14N2O5S2/c14-11(15)9-1-3-10(4-2-9)20(17,18)13-19(16)7-5-12-6-8-19/h1-4,12H,5-8H2,(H,14,15). The van der Waals surface area contributed by atoms with Crippen molar-refractivity contribution < 1.29 is 22.5 Å². The molecule has 1 aliphatic rings. The van der Waals surface area contributed by atoms with Gasteiger partial charge in [-0.1, -0.05) is 0 Å². The van der Waals surface area contributed by atoms with E-state index in [1.165, 1.54) is 12.1 Å². The zero-order valence-electron chi connectivity index (χ0n) is 10.5. The van der Waals surface area contributed by atoms with E-state index in [4.69, 9.17) is 5.11 Å². The van der Waals surface area contributed by atoms with Crippen LogP contribution in [0.5, 0.6) is 0 Å². The predicted molar refractivity (Wildman–Crippen MR) is 73.8 cm³/mol.